The molecular weight excluding hydrogens is 418 g/mol. The molecule has 3 atom stereocenters. The molecule has 7 heteroatoms. The van der Waals surface area contributed by atoms with E-state index < -0.39 is 12.6 Å². The molecular formula is C24H20ClNO5. The maximum absolute atomic E-state index is 12.9. The zero-order valence-corrected chi connectivity index (χ0v) is 17.5. The fourth-order valence-electron chi connectivity index (χ4n) is 4.11. The third-order valence-electron chi connectivity index (χ3n) is 5.71. The molecule has 6 nitrogen and oxygen atoms in total. The first kappa shape index (κ1) is 21.0. The summed E-state index contributed by atoms with van der Waals surface area (Å²) < 4.78 is 5.14. The zero-order valence-electron chi connectivity index (χ0n) is 16.8. The van der Waals surface area contributed by atoms with Gasteiger partial charge in [-0.1, -0.05) is 36.7 Å². The highest BCUT2D eigenvalue weighted by Crippen LogP contribution is 2.40. The van der Waals surface area contributed by atoms with Crippen molar-refractivity contribution in [2.24, 2.45) is 17.8 Å². The molecule has 0 saturated carbocycles. The molecule has 2 amide bonds. The third kappa shape index (κ3) is 4.03. The maximum atomic E-state index is 12.9. The number of rotatable bonds is 5. The number of ether oxygens (including phenoxy) is 1. The topological polar surface area (TPSA) is 80.8 Å². The van der Waals surface area contributed by atoms with Crippen LogP contribution in [0.15, 0.2) is 60.7 Å². The predicted octanol–water partition coefficient (Wildman–Crippen LogP) is 4.08. The molecule has 2 aliphatic rings. The molecule has 1 saturated heterocycles. The van der Waals surface area contributed by atoms with E-state index in [4.69, 9.17) is 16.3 Å². The van der Waals surface area contributed by atoms with Crippen molar-refractivity contribution in [3.8, 4) is 0 Å². The summed E-state index contributed by atoms with van der Waals surface area (Å²) >= 11 is 5.81. The minimum Gasteiger partial charge on any atom is -0.454 e. The SMILES string of the molecule is C[C@@H]1C=CC[C@H]2C(=O)N(c3cccc(C(=O)OCC(=O)c4ccc(Cl)cc4)c3)C(=O)[C@H]12. The summed E-state index contributed by atoms with van der Waals surface area (Å²) in [5, 5.41) is 0.501. The molecule has 1 fully saturated rings. The van der Waals surface area contributed by atoms with Crippen LogP contribution in [0.1, 0.15) is 34.1 Å². The van der Waals surface area contributed by atoms with Gasteiger partial charge in [0, 0.05) is 10.6 Å². The summed E-state index contributed by atoms with van der Waals surface area (Å²) in [5.41, 5.74) is 0.864. The average molecular weight is 438 g/mol. The highest BCUT2D eigenvalue weighted by molar-refractivity contribution is 6.30. The molecule has 158 valence electrons. The van der Waals surface area contributed by atoms with Gasteiger partial charge in [0.2, 0.25) is 11.8 Å². The Hall–Kier alpha value is -3.25. The van der Waals surface area contributed by atoms with E-state index in [9.17, 15) is 19.2 Å². The Morgan fingerprint density at radius 3 is 2.52 bits per heavy atom. The van der Waals surface area contributed by atoms with E-state index in [1.807, 2.05) is 19.1 Å². The maximum Gasteiger partial charge on any atom is 0.338 e. The Morgan fingerprint density at radius 2 is 1.81 bits per heavy atom. The number of ketones is 1. The summed E-state index contributed by atoms with van der Waals surface area (Å²) in [4.78, 5) is 51.7. The van der Waals surface area contributed by atoms with E-state index in [1.54, 1.807) is 36.4 Å². The van der Waals surface area contributed by atoms with Gasteiger partial charge in [0.15, 0.2) is 12.4 Å². The van der Waals surface area contributed by atoms with Crippen LogP contribution in [-0.4, -0.2) is 30.2 Å². The highest BCUT2D eigenvalue weighted by Gasteiger charge is 2.50. The summed E-state index contributed by atoms with van der Waals surface area (Å²) in [6, 6.07) is 12.4. The van der Waals surface area contributed by atoms with E-state index in [0.29, 0.717) is 22.7 Å². The molecule has 31 heavy (non-hydrogen) atoms. The number of carbonyl (C=O) groups excluding carboxylic acids is 4. The molecule has 0 spiro atoms. The normalized spacial score (nSPS) is 22.4. The lowest BCUT2D eigenvalue weighted by atomic mass is 9.78. The van der Waals surface area contributed by atoms with Crippen LogP contribution in [0.2, 0.25) is 5.02 Å². The number of imide groups is 1. The van der Waals surface area contributed by atoms with E-state index in [-0.39, 0.29) is 40.9 Å². The molecule has 0 bridgehead atoms. The van der Waals surface area contributed by atoms with Crippen molar-refractivity contribution in [2.75, 3.05) is 11.5 Å². The smallest absolute Gasteiger partial charge is 0.338 e. The average Bonchev–Trinajstić information content (AvgIpc) is 3.03. The first-order chi connectivity index (χ1) is 14.9. The fourth-order valence-corrected chi connectivity index (χ4v) is 4.23. The Morgan fingerprint density at radius 1 is 1.06 bits per heavy atom. The molecule has 2 aromatic rings. The number of amides is 2. The van der Waals surface area contributed by atoms with Crippen molar-refractivity contribution in [3.63, 3.8) is 0 Å². The lowest BCUT2D eigenvalue weighted by Crippen LogP contribution is -2.31. The van der Waals surface area contributed by atoms with Crippen molar-refractivity contribution < 1.29 is 23.9 Å². The molecule has 0 radical (unpaired) electrons. The molecule has 1 aliphatic carbocycles. The predicted molar refractivity (Wildman–Crippen MR) is 115 cm³/mol. The minimum atomic E-state index is -0.712. The second-order valence-electron chi connectivity index (χ2n) is 7.72. The molecule has 0 N–H and O–H groups in total. The van der Waals surface area contributed by atoms with Crippen LogP contribution in [0.4, 0.5) is 5.69 Å². The molecule has 4 rings (SSSR count). The van der Waals surface area contributed by atoms with Gasteiger partial charge in [0.1, 0.15) is 0 Å². The molecule has 2 aromatic carbocycles. The van der Waals surface area contributed by atoms with Gasteiger partial charge >= 0.3 is 5.97 Å². The van der Waals surface area contributed by atoms with Crippen molar-refractivity contribution in [1.29, 1.82) is 0 Å². The number of nitrogens with zero attached hydrogens (tertiary/aromatic N) is 1. The first-order valence-electron chi connectivity index (χ1n) is 9.97. The second-order valence-corrected chi connectivity index (χ2v) is 8.16. The quantitative estimate of drug-likeness (QED) is 0.305. The van der Waals surface area contributed by atoms with E-state index >= 15 is 0 Å². The third-order valence-corrected chi connectivity index (χ3v) is 5.97. The molecule has 1 heterocycles. The molecule has 1 aliphatic heterocycles. The van der Waals surface area contributed by atoms with Crippen LogP contribution >= 0.6 is 11.6 Å². The summed E-state index contributed by atoms with van der Waals surface area (Å²) in [7, 11) is 0. The van der Waals surface area contributed by atoms with Gasteiger partial charge in [-0.3, -0.25) is 19.3 Å². The van der Waals surface area contributed by atoms with E-state index in [1.165, 1.54) is 12.1 Å². The summed E-state index contributed by atoms with van der Waals surface area (Å²) in [6.45, 7) is 1.49. The van der Waals surface area contributed by atoms with Crippen LogP contribution in [-0.2, 0) is 14.3 Å². The number of esters is 1. The van der Waals surface area contributed by atoms with Gasteiger partial charge in [0.05, 0.1) is 23.1 Å². The molecule has 0 aromatic heterocycles. The van der Waals surface area contributed by atoms with E-state index in [2.05, 4.69) is 0 Å². The number of hydrogen-bond acceptors (Lipinski definition) is 5. The fraction of sp³-hybridized carbons (Fsp3) is 0.250. The Balaban J connectivity index is 1.47. The highest BCUT2D eigenvalue weighted by atomic mass is 35.5. The number of allylic oxidation sites excluding steroid dienone is 2. The second kappa shape index (κ2) is 8.47. The van der Waals surface area contributed by atoms with Gasteiger partial charge in [-0.05, 0) is 54.8 Å². The Bertz CT molecular complexity index is 1090. The van der Waals surface area contributed by atoms with Crippen molar-refractivity contribution >= 4 is 40.9 Å². The first-order valence-corrected chi connectivity index (χ1v) is 10.3. The number of fused-ring (bicyclic) bond motifs is 1. The van der Waals surface area contributed by atoms with Crippen LogP contribution in [0, 0.1) is 17.8 Å². The van der Waals surface area contributed by atoms with Gasteiger partial charge < -0.3 is 4.74 Å². The van der Waals surface area contributed by atoms with Crippen molar-refractivity contribution in [1.82, 2.24) is 0 Å². The molecule has 0 unspecified atom stereocenters. The number of anilines is 1. The van der Waals surface area contributed by atoms with Gasteiger partial charge in [-0.2, -0.15) is 0 Å². The zero-order chi connectivity index (χ0) is 22.1. The summed E-state index contributed by atoms with van der Waals surface area (Å²) in [5.74, 6) is -2.37. The van der Waals surface area contributed by atoms with Crippen LogP contribution in [0.5, 0.6) is 0 Å². The number of benzene rings is 2. The van der Waals surface area contributed by atoms with Gasteiger partial charge in [0.25, 0.3) is 0 Å². The van der Waals surface area contributed by atoms with Crippen molar-refractivity contribution in [2.45, 2.75) is 13.3 Å². The van der Waals surface area contributed by atoms with Gasteiger partial charge in [-0.15, -0.1) is 0 Å². The number of Topliss-reactive ketones (excluding diaryl/α,β-unsaturated/α-hetero) is 1. The van der Waals surface area contributed by atoms with E-state index in [0.717, 1.165) is 4.90 Å². The standard InChI is InChI=1S/C24H20ClNO5/c1-14-4-2-7-19-21(14)23(29)26(22(19)28)18-6-3-5-16(12-18)24(30)31-13-20(27)15-8-10-17(25)11-9-15/h2-6,8-12,14,19,21H,7,13H2,1H3/t14-,19-,21-/m1/s1. The Kier molecular flexibility index (Phi) is 5.74. The largest absolute Gasteiger partial charge is 0.454 e. The van der Waals surface area contributed by atoms with Crippen LogP contribution in [0.3, 0.4) is 0 Å². The van der Waals surface area contributed by atoms with Crippen LogP contribution < -0.4 is 4.90 Å². The number of carbonyl (C=O) groups is 4. The number of hydrogen-bond donors (Lipinski definition) is 0. The van der Waals surface area contributed by atoms with Crippen LogP contribution in [0.25, 0.3) is 0 Å². The lowest BCUT2D eigenvalue weighted by Gasteiger charge is -2.22. The number of halogens is 1. The van der Waals surface area contributed by atoms with Crippen molar-refractivity contribution in [3.05, 3.63) is 76.8 Å². The summed E-state index contributed by atoms with van der Waals surface area (Å²) in [6.07, 6.45) is 4.43. The lowest BCUT2D eigenvalue weighted by molar-refractivity contribution is -0.122. The van der Waals surface area contributed by atoms with Gasteiger partial charge in [-0.25, -0.2) is 4.79 Å². The Labute approximate surface area is 184 Å². The monoisotopic (exact) mass is 437 g/mol. The minimum absolute atomic E-state index is 0.0211.